The second kappa shape index (κ2) is 5.86. The van der Waals surface area contributed by atoms with E-state index in [-0.39, 0.29) is 17.6 Å². The molecular weight excluding hydrogens is 272 g/mol. The molecule has 0 saturated heterocycles. The normalized spacial score (nSPS) is 25.0. The fraction of sp³-hybridized carbons (Fsp3) is 0.294. The van der Waals surface area contributed by atoms with Gasteiger partial charge in [0.2, 0.25) is 0 Å². The number of methoxy groups -OCH3 is 1. The van der Waals surface area contributed by atoms with Crippen molar-refractivity contribution >= 4 is 11.6 Å². The quantitative estimate of drug-likeness (QED) is 0.788. The number of alkyl halides is 1. The van der Waals surface area contributed by atoms with Crippen molar-refractivity contribution in [2.24, 2.45) is 0 Å². The molecule has 0 radical (unpaired) electrons. The first-order valence-electron chi connectivity index (χ1n) is 6.77. The molecule has 0 heterocycles. The second-order valence-electron chi connectivity index (χ2n) is 4.97. The second-order valence-corrected chi connectivity index (χ2v) is 5.53. The van der Waals surface area contributed by atoms with Crippen molar-refractivity contribution in [3.05, 3.63) is 54.6 Å². The predicted octanol–water partition coefficient (Wildman–Crippen LogP) is 4.13. The van der Waals surface area contributed by atoms with Crippen molar-refractivity contribution in [2.75, 3.05) is 7.11 Å². The number of para-hydroxylation sites is 1. The van der Waals surface area contributed by atoms with Crippen LogP contribution >= 0.6 is 11.6 Å². The number of benzene rings is 2. The van der Waals surface area contributed by atoms with E-state index in [2.05, 4.69) is 18.2 Å². The largest absolute Gasteiger partial charge is 0.487 e. The van der Waals surface area contributed by atoms with Gasteiger partial charge in [-0.2, -0.15) is 0 Å². The van der Waals surface area contributed by atoms with Crippen LogP contribution in [0.25, 0.3) is 11.1 Å². The number of rotatable bonds is 4. The van der Waals surface area contributed by atoms with Crippen molar-refractivity contribution in [2.45, 2.75) is 24.0 Å². The highest BCUT2D eigenvalue weighted by Gasteiger charge is 2.42. The van der Waals surface area contributed by atoms with Gasteiger partial charge >= 0.3 is 0 Å². The molecule has 0 aromatic heterocycles. The van der Waals surface area contributed by atoms with E-state index in [0.29, 0.717) is 0 Å². The molecule has 1 aliphatic rings. The minimum absolute atomic E-state index is 0.0273. The summed E-state index contributed by atoms with van der Waals surface area (Å²) in [4.78, 5) is 0. The van der Waals surface area contributed by atoms with Crippen molar-refractivity contribution in [3.63, 3.8) is 0 Å². The van der Waals surface area contributed by atoms with Crippen LogP contribution in [0, 0.1) is 0 Å². The molecule has 0 aliphatic heterocycles. The van der Waals surface area contributed by atoms with Crippen LogP contribution < -0.4 is 4.74 Å². The van der Waals surface area contributed by atoms with Gasteiger partial charge < -0.3 is 9.47 Å². The summed E-state index contributed by atoms with van der Waals surface area (Å²) in [6, 6.07) is 18.3. The van der Waals surface area contributed by atoms with Gasteiger partial charge in [-0.15, -0.1) is 11.6 Å². The summed E-state index contributed by atoms with van der Waals surface area (Å²) < 4.78 is 11.5. The average molecular weight is 289 g/mol. The van der Waals surface area contributed by atoms with Crippen molar-refractivity contribution in [3.8, 4) is 16.9 Å². The molecule has 2 aromatic rings. The summed E-state index contributed by atoms with van der Waals surface area (Å²) in [7, 11) is 1.68. The zero-order chi connectivity index (χ0) is 13.9. The Morgan fingerprint density at radius 1 is 1.00 bits per heavy atom. The Bertz CT molecular complexity index is 570. The molecule has 2 nitrogen and oxygen atoms in total. The Morgan fingerprint density at radius 2 is 1.70 bits per heavy atom. The van der Waals surface area contributed by atoms with Crippen molar-refractivity contribution in [1.29, 1.82) is 0 Å². The molecule has 20 heavy (non-hydrogen) atoms. The topological polar surface area (TPSA) is 18.5 Å². The standard InChI is InChI=1S/C17H17ClO2/c1-19-17-14(18)11-16(17)20-15-10-6-5-9-13(15)12-7-3-2-4-8-12/h2-10,14,16-17H,11H2,1H3. The van der Waals surface area contributed by atoms with E-state index in [1.165, 1.54) is 0 Å². The number of halogens is 1. The monoisotopic (exact) mass is 288 g/mol. The number of hydrogen-bond donors (Lipinski definition) is 0. The number of hydrogen-bond acceptors (Lipinski definition) is 2. The Labute approximate surface area is 124 Å². The zero-order valence-corrected chi connectivity index (χ0v) is 12.1. The van der Waals surface area contributed by atoms with Crippen molar-refractivity contribution in [1.82, 2.24) is 0 Å². The van der Waals surface area contributed by atoms with Crippen LogP contribution in [0.15, 0.2) is 54.6 Å². The highest BCUT2D eigenvalue weighted by Crippen LogP contribution is 2.36. The Balaban J connectivity index is 1.84. The first-order valence-corrected chi connectivity index (χ1v) is 7.21. The molecule has 3 heteroatoms. The summed E-state index contributed by atoms with van der Waals surface area (Å²) in [6.07, 6.45) is 0.830. The Hall–Kier alpha value is -1.51. The third kappa shape index (κ3) is 2.54. The van der Waals surface area contributed by atoms with Gasteiger partial charge in [-0.3, -0.25) is 0 Å². The Kier molecular flexibility index (Phi) is 3.95. The van der Waals surface area contributed by atoms with Gasteiger partial charge in [0.25, 0.3) is 0 Å². The summed E-state index contributed by atoms with van der Waals surface area (Å²) in [6.45, 7) is 0. The lowest BCUT2D eigenvalue weighted by atomic mass is 9.90. The van der Waals surface area contributed by atoms with Gasteiger partial charge in [0.15, 0.2) is 0 Å². The van der Waals surface area contributed by atoms with Gasteiger partial charge in [-0.05, 0) is 11.6 Å². The van der Waals surface area contributed by atoms with Gasteiger partial charge in [0, 0.05) is 19.1 Å². The molecule has 1 saturated carbocycles. The van der Waals surface area contributed by atoms with E-state index in [0.717, 1.165) is 23.3 Å². The third-order valence-corrected chi connectivity index (χ3v) is 4.13. The molecule has 0 amide bonds. The molecule has 0 N–H and O–H groups in total. The SMILES string of the molecule is COC1C(Cl)CC1Oc1ccccc1-c1ccccc1. The fourth-order valence-electron chi connectivity index (χ4n) is 2.53. The van der Waals surface area contributed by atoms with Crippen LogP contribution in [-0.2, 0) is 4.74 Å². The predicted molar refractivity (Wildman–Crippen MR) is 81.3 cm³/mol. The highest BCUT2D eigenvalue weighted by atomic mass is 35.5. The van der Waals surface area contributed by atoms with Gasteiger partial charge in [0.1, 0.15) is 18.0 Å². The maximum atomic E-state index is 6.13. The lowest BCUT2D eigenvalue weighted by Gasteiger charge is -2.40. The maximum absolute atomic E-state index is 6.13. The van der Waals surface area contributed by atoms with Gasteiger partial charge in [-0.1, -0.05) is 48.5 Å². The molecule has 1 fully saturated rings. The summed E-state index contributed by atoms with van der Waals surface area (Å²) in [5.41, 5.74) is 2.25. The zero-order valence-electron chi connectivity index (χ0n) is 11.3. The van der Waals surface area contributed by atoms with Crippen LogP contribution in [0.3, 0.4) is 0 Å². The first-order chi connectivity index (χ1) is 9.79. The lowest BCUT2D eigenvalue weighted by molar-refractivity contribution is -0.0581. The molecule has 1 aliphatic carbocycles. The molecular formula is C17H17ClO2. The molecule has 3 atom stereocenters. The van der Waals surface area contributed by atoms with E-state index in [4.69, 9.17) is 21.1 Å². The van der Waals surface area contributed by atoms with Crippen LogP contribution in [0.1, 0.15) is 6.42 Å². The Morgan fingerprint density at radius 3 is 2.40 bits per heavy atom. The van der Waals surface area contributed by atoms with Gasteiger partial charge in [-0.25, -0.2) is 0 Å². The van der Waals surface area contributed by atoms with Crippen LogP contribution in [0.5, 0.6) is 5.75 Å². The smallest absolute Gasteiger partial charge is 0.128 e. The highest BCUT2D eigenvalue weighted by molar-refractivity contribution is 6.21. The van der Waals surface area contributed by atoms with E-state index in [1.54, 1.807) is 7.11 Å². The lowest BCUT2D eigenvalue weighted by Crippen LogP contribution is -2.52. The number of ether oxygens (including phenoxy) is 2. The molecule has 0 spiro atoms. The molecule has 2 aromatic carbocycles. The van der Waals surface area contributed by atoms with Gasteiger partial charge in [0.05, 0.1) is 5.38 Å². The maximum Gasteiger partial charge on any atom is 0.128 e. The summed E-state index contributed by atoms with van der Waals surface area (Å²) in [5, 5.41) is 0.0499. The minimum Gasteiger partial charge on any atom is -0.487 e. The van der Waals surface area contributed by atoms with E-state index < -0.39 is 0 Å². The van der Waals surface area contributed by atoms with Crippen LogP contribution in [0.4, 0.5) is 0 Å². The van der Waals surface area contributed by atoms with Crippen molar-refractivity contribution < 1.29 is 9.47 Å². The first kappa shape index (κ1) is 13.5. The van der Waals surface area contributed by atoms with E-state index in [9.17, 15) is 0 Å². The fourth-order valence-corrected chi connectivity index (χ4v) is 2.97. The third-order valence-electron chi connectivity index (χ3n) is 3.70. The molecule has 104 valence electrons. The molecule has 0 bridgehead atoms. The van der Waals surface area contributed by atoms with Crippen LogP contribution in [-0.4, -0.2) is 24.7 Å². The summed E-state index contributed by atoms with van der Waals surface area (Å²) in [5.74, 6) is 0.884. The average Bonchev–Trinajstić information content (AvgIpc) is 2.48. The summed E-state index contributed by atoms with van der Waals surface area (Å²) >= 11 is 6.13. The minimum atomic E-state index is -0.0273. The van der Waals surface area contributed by atoms with E-state index >= 15 is 0 Å². The molecule has 3 rings (SSSR count). The molecule has 3 unspecified atom stereocenters. The van der Waals surface area contributed by atoms with E-state index in [1.807, 2.05) is 36.4 Å². The van der Waals surface area contributed by atoms with Crippen LogP contribution in [0.2, 0.25) is 0 Å².